The number of carbonyl (C=O) groups excluding carboxylic acids is 1. The van der Waals surface area contributed by atoms with Crippen LogP contribution in [0.25, 0.3) is 0 Å². The fourth-order valence-corrected chi connectivity index (χ4v) is 2.47. The number of benzene rings is 1. The Morgan fingerprint density at radius 2 is 2.18 bits per heavy atom. The first-order valence-electron chi connectivity index (χ1n) is 6.18. The molecule has 2 rings (SSSR count). The predicted octanol–water partition coefficient (Wildman–Crippen LogP) is 1.93. The number of nitrogens with zero attached hydrogens (tertiary/aromatic N) is 1. The monoisotopic (exact) mass is 232 g/mol. The Morgan fingerprint density at radius 3 is 2.76 bits per heavy atom. The lowest BCUT2D eigenvalue weighted by atomic mass is 9.99. The first-order valence-corrected chi connectivity index (χ1v) is 6.18. The summed E-state index contributed by atoms with van der Waals surface area (Å²) in [5.74, 6) is 0.241. The van der Waals surface area contributed by atoms with E-state index < -0.39 is 0 Å². The number of amides is 1. The van der Waals surface area contributed by atoms with Gasteiger partial charge in [-0.3, -0.25) is 4.79 Å². The number of likely N-dealkylation sites (tertiary alicyclic amines) is 1. The summed E-state index contributed by atoms with van der Waals surface area (Å²) in [6.07, 6.45) is 1.65. The first-order chi connectivity index (χ1) is 8.08. The van der Waals surface area contributed by atoms with Gasteiger partial charge in [0.15, 0.2) is 0 Å². The van der Waals surface area contributed by atoms with E-state index in [1.165, 1.54) is 11.1 Å². The van der Waals surface area contributed by atoms with Crippen molar-refractivity contribution in [3.05, 3.63) is 34.9 Å². The molecule has 3 nitrogen and oxygen atoms in total. The summed E-state index contributed by atoms with van der Waals surface area (Å²) >= 11 is 0. The van der Waals surface area contributed by atoms with Gasteiger partial charge in [0.25, 0.3) is 0 Å². The standard InChI is InChI=1S/C14H20N2O/c1-10-5-6-12(11(2)8-10)13(15)9-16-7-3-4-14(16)17/h5-6,8,13H,3-4,7,9,15H2,1-2H3. The average Bonchev–Trinajstić information content (AvgIpc) is 2.64. The molecule has 1 aromatic carbocycles. The number of hydrogen-bond donors (Lipinski definition) is 1. The van der Waals surface area contributed by atoms with Crippen molar-refractivity contribution in [2.75, 3.05) is 13.1 Å². The Bertz CT molecular complexity index is 428. The Labute approximate surface area is 103 Å². The highest BCUT2D eigenvalue weighted by atomic mass is 16.2. The lowest BCUT2D eigenvalue weighted by Gasteiger charge is -2.22. The molecule has 0 saturated carbocycles. The van der Waals surface area contributed by atoms with Gasteiger partial charge in [-0.25, -0.2) is 0 Å². The molecule has 2 N–H and O–H groups in total. The molecule has 0 aliphatic carbocycles. The van der Waals surface area contributed by atoms with Crippen LogP contribution < -0.4 is 5.73 Å². The minimum Gasteiger partial charge on any atom is -0.341 e. The SMILES string of the molecule is Cc1ccc(C(N)CN2CCCC2=O)c(C)c1. The van der Waals surface area contributed by atoms with Gasteiger partial charge in [0.05, 0.1) is 0 Å². The second-order valence-corrected chi connectivity index (χ2v) is 4.91. The number of carbonyl (C=O) groups is 1. The Morgan fingerprint density at radius 1 is 1.41 bits per heavy atom. The highest BCUT2D eigenvalue weighted by molar-refractivity contribution is 5.78. The van der Waals surface area contributed by atoms with Crippen molar-refractivity contribution in [3.8, 4) is 0 Å². The Hall–Kier alpha value is -1.35. The van der Waals surface area contributed by atoms with Crippen LogP contribution in [0.4, 0.5) is 0 Å². The molecule has 1 amide bonds. The van der Waals surface area contributed by atoms with Gasteiger partial charge in [-0.15, -0.1) is 0 Å². The lowest BCUT2D eigenvalue weighted by molar-refractivity contribution is -0.127. The fraction of sp³-hybridized carbons (Fsp3) is 0.500. The van der Waals surface area contributed by atoms with Crippen molar-refractivity contribution in [2.24, 2.45) is 5.73 Å². The van der Waals surface area contributed by atoms with Crippen LogP contribution in [-0.2, 0) is 4.79 Å². The highest BCUT2D eigenvalue weighted by Crippen LogP contribution is 2.20. The maximum Gasteiger partial charge on any atom is 0.222 e. The quantitative estimate of drug-likeness (QED) is 0.865. The van der Waals surface area contributed by atoms with E-state index in [2.05, 4.69) is 32.0 Å². The van der Waals surface area contributed by atoms with E-state index in [4.69, 9.17) is 5.73 Å². The topological polar surface area (TPSA) is 46.3 Å². The van der Waals surface area contributed by atoms with Crippen molar-refractivity contribution in [3.63, 3.8) is 0 Å². The van der Waals surface area contributed by atoms with E-state index in [1.807, 2.05) is 4.90 Å². The van der Waals surface area contributed by atoms with Crippen molar-refractivity contribution >= 4 is 5.91 Å². The highest BCUT2D eigenvalue weighted by Gasteiger charge is 2.22. The number of aryl methyl sites for hydroxylation is 2. The molecule has 0 spiro atoms. The van der Waals surface area contributed by atoms with Gasteiger partial charge in [-0.1, -0.05) is 23.8 Å². The van der Waals surface area contributed by atoms with Crippen LogP contribution in [-0.4, -0.2) is 23.9 Å². The molecule has 1 heterocycles. The predicted molar refractivity (Wildman–Crippen MR) is 68.7 cm³/mol. The lowest BCUT2D eigenvalue weighted by Crippen LogP contribution is -2.33. The van der Waals surface area contributed by atoms with Gasteiger partial charge in [0, 0.05) is 25.6 Å². The van der Waals surface area contributed by atoms with Gasteiger partial charge in [-0.2, -0.15) is 0 Å². The molecule has 92 valence electrons. The van der Waals surface area contributed by atoms with Crippen LogP contribution in [0.3, 0.4) is 0 Å². The summed E-state index contributed by atoms with van der Waals surface area (Å²) in [6, 6.07) is 6.22. The zero-order chi connectivity index (χ0) is 12.4. The van der Waals surface area contributed by atoms with Crippen molar-refractivity contribution in [1.29, 1.82) is 0 Å². The van der Waals surface area contributed by atoms with Gasteiger partial charge < -0.3 is 10.6 Å². The zero-order valence-electron chi connectivity index (χ0n) is 10.6. The third kappa shape index (κ3) is 2.67. The van der Waals surface area contributed by atoms with Crippen LogP contribution in [0.1, 0.15) is 35.6 Å². The van der Waals surface area contributed by atoms with Gasteiger partial charge in [0.1, 0.15) is 0 Å². The minimum atomic E-state index is -0.0716. The van der Waals surface area contributed by atoms with Crippen LogP contribution >= 0.6 is 0 Å². The molecule has 1 atom stereocenters. The fourth-order valence-electron chi connectivity index (χ4n) is 2.47. The summed E-state index contributed by atoms with van der Waals surface area (Å²) < 4.78 is 0. The summed E-state index contributed by atoms with van der Waals surface area (Å²) in [4.78, 5) is 13.4. The maximum atomic E-state index is 11.6. The molecule has 17 heavy (non-hydrogen) atoms. The van der Waals surface area contributed by atoms with Gasteiger partial charge >= 0.3 is 0 Å². The summed E-state index contributed by atoms with van der Waals surface area (Å²) in [5, 5.41) is 0. The normalized spacial score (nSPS) is 17.6. The Balaban J connectivity index is 2.08. The number of nitrogens with two attached hydrogens (primary N) is 1. The van der Waals surface area contributed by atoms with E-state index in [1.54, 1.807) is 0 Å². The molecule has 1 aliphatic heterocycles. The number of rotatable bonds is 3. The van der Waals surface area contributed by atoms with Crippen LogP contribution in [0.5, 0.6) is 0 Å². The smallest absolute Gasteiger partial charge is 0.222 e. The summed E-state index contributed by atoms with van der Waals surface area (Å²) in [6.45, 7) is 5.65. The van der Waals surface area contributed by atoms with Gasteiger partial charge in [-0.05, 0) is 31.4 Å². The zero-order valence-corrected chi connectivity index (χ0v) is 10.6. The third-order valence-electron chi connectivity index (χ3n) is 3.41. The second-order valence-electron chi connectivity index (χ2n) is 4.91. The van der Waals surface area contributed by atoms with E-state index in [0.29, 0.717) is 13.0 Å². The molecule has 3 heteroatoms. The van der Waals surface area contributed by atoms with Crippen molar-refractivity contribution in [1.82, 2.24) is 4.90 Å². The largest absolute Gasteiger partial charge is 0.341 e. The molecular weight excluding hydrogens is 212 g/mol. The first kappa shape index (κ1) is 12.1. The molecule has 1 saturated heterocycles. The van der Waals surface area contributed by atoms with E-state index in [9.17, 15) is 4.79 Å². The average molecular weight is 232 g/mol. The van der Waals surface area contributed by atoms with Crippen LogP contribution in [0, 0.1) is 13.8 Å². The molecule has 1 aromatic rings. The van der Waals surface area contributed by atoms with E-state index in [0.717, 1.165) is 18.5 Å². The van der Waals surface area contributed by atoms with Crippen molar-refractivity contribution in [2.45, 2.75) is 32.7 Å². The molecular formula is C14H20N2O. The van der Waals surface area contributed by atoms with E-state index in [-0.39, 0.29) is 11.9 Å². The summed E-state index contributed by atoms with van der Waals surface area (Å²) in [7, 11) is 0. The van der Waals surface area contributed by atoms with Crippen LogP contribution in [0.15, 0.2) is 18.2 Å². The van der Waals surface area contributed by atoms with E-state index >= 15 is 0 Å². The molecule has 0 radical (unpaired) electrons. The molecule has 1 aliphatic rings. The Kier molecular flexibility index (Phi) is 3.48. The summed E-state index contributed by atoms with van der Waals surface area (Å²) in [5.41, 5.74) is 9.80. The third-order valence-corrected chi connectivity index (χ3v) is 3.41. The molecule has 1 fully saturated rings. The molecule has 0 aromatic heterocycles. The second kappa shape index (κ2) is 4.88. The molecule has 0 bridgehead atoms. The molecule has 1 unspecified atom stereocenters. The van der Waals surface area contributed by atoms with Gasteiger partial charge in [0.2, 0.25) is 5.91 Å². The van der Waals surface area contributed by atoms with Crippen LogP contribution in [0.2, 0.25) is 0 Å². The minimum absolute atomic E-state index is 0.0716. The number of hydrogen-bond acceptors (Lipinski definition) is 2. The maximum absolute atomic E-state index is 11.6. The van der Waals surface area contributed by atoms with Crippen molar-refractivity contribution < 1.29 is 4.79 Å².